The van der Waals surface area contributed by atoms with Crippen molar-refractivity contribution >= 4 is 5.97 Å². The van der Waals surface area contributed by atoms with Crippen LogP contribution in [0.2, 0.25) is 0 Å². The molecule has 17 heavy (non-hydrogen) atoms. The van der Waals surface area contributed by atoms with Gasteiger partial charge in [0, 0.05) is 11.0 Å². The highest BCUT2D eigenvalue weighted by atomic mass is 16.5. The molecule has 0 saturated carbocycles. The van der Waals surface area contributed by atoms with E-state index in [0.29, 0.717) is 11.3 Å². The first-order valence-corrected chi connectivity index (χ1v) is 5.20. The molecule has 0 N–H and O–H groups in total. The maximum Gasteiger partial charge on any atom is 0.345 e. The molecule has 4 nitrogen and oxygen atoms in total. The molecule has 0 aliphatic heterocycles. The van der Waals surface area contributed by atoms with Gasteiger partial charge in [-0.2, -0.15) is 0 Å². The molecule has 0 aromatic carbocycles. The number of hydrogen-bond acceptors (Lipinski definition) is 4. The molecule has 0 amide bonds. The first kappa shape index (κ1) is 13.2. The second kappa shape index (κ2) is 4.57. The maximum atomic E-state index is 12.2. The summed E-state index contributed by atoms with van der Waals surface area (Å²) in [7, 11) is 1.22. The van der Waals surface area contributed by atoms with Crippen LogP contribution in [0.4, 0.5) is 0 Å². The van der Waals surface area contributed by atoms with Gasteiger partial charge in [0.15, 0.2) is 0 Å². The Morgan fingerprint density at radius 1 is 1.53 bits per heavy atom. The van der Waals surface area contributed by atoms with Crippen molar-refractivity contribution in [1.82, 2.24) is 0 Å². The van der Waals surface area contributed by atoms with Crippen LogP contribution in [-0.4, -0.2) is 13.1 Å². The van der Waals surface area contributed by atoms with Gasteiger partial charge in [0.05, 0.1) is 7.11 Å². The first-order chi connectivity index (χ1) is 7.85. The smallest absolute Gasteiger partial charge is 0.345 e. The predicted molar refractivity (Wildman–Crippen MR) is 64.3 cm³/mol. The van der Waals surface area contributed by atoms with Gasteiger partial charge in [0.25, 0.3) is 0 Å². The minimum absolute atomic E-state index is 0.0944. The quantitative estimate of drug-likeness (QED) is 0.596. The number of hydrogen-bond donors (Lipinski definition) is 0. The SMILES string of the molecule is C=CC(C)(C)c1c(C)occ(C(=O)OC)c1=O. The Morgan fingerprint density at radius 3 is 2.59 bits per heavy atom. The number of esters is 1. The Hall–Kier alpha value is -1.84. The third kappa shape index (κ3) is 2.30. The molecule has 1 heterocycles. The molecule has 0 unspecified atom stereocenters. The number of carbonyl (C=O) groups is 1. The van der Waals surface area contributed by atoms with Crippen molar-refractivity contribution in [3.8, 4) is 0 Å². The third-order valence-electron chi connectivity index (χ3n) is 2.74. The van der Waals surface area contributed by atoms with Crippen LogP contribution in [0.5, 0.6) is 0 Å². The van der Waals surface area contributed by atoms with Gasteiger partial charge < -0.3 is 9.15 Å². The fraction of sp³-hybridized carbons (Fsp3) is 0.385. The van der Waals surface area contributed by atoms with E-state index >= 15 is 0 Å². The molecule has 1 aromatic rings. The van der Waals surface area contributed by atoms with E-state index < -0.39 is 11.4 Å². The fourth-order valence-electron chi connectivity index (χ4n) is 1.65. The van der Waals surface area contributed by atoms with Gasteiger partial charge in [-0.3, -0.25) is 4.79 Å². The summed E-state index contributed by atoms with van der Waals surface area (Å²) in [6.45, 7) is 9.04. The number of methoxy groups -OCH3 is 1. The van der Waals surface area contributed by atoms with E-state index in [2.05, 4.69) is 11.3 Å². The standard InChI is InChI=1S/C13H16O4/c1-6-13(3,4)10-8(2)17-7-9(11(10)14)12(15)16-5/h6-7H,1H2,2-5H3. The molecule has 92 valence electrons. The number of allylic oxidation sites excluding steroid dienone is 1. The summed E-state index contributed by atoms with van der Waals surface area (Å²) >= 11 is 0. The van der Waals surface area contributed by atoms with Gasteiger partial charge in [0.1, 0.15) is 17.6 Å². The van der Waals surface area contributed by atoms with Crippen LogP contribution in [0.1, 0.15) is 35.5 Å². The lowest BCUT2D eigenvalue weighted by Gasteiger charge is -2.21. The van der Waals surface area contributed by atoms with Crippen molar-refractivity contribution in [2.24, 2.45) is 0 Å². The maximum absolute atomic E-state index is 12.2. The van der Waals surface area contributed by atoms with E-state index in [1.165, 1.54) is 7.11 Å². The summed E-state index contributed by atoms with van der Waals surface area (Å²) < 4.78 is 9.77. The Kier molecular flexibility index (Phi) is 3.56. The highest BCUT2D eigenvalue weighted by Gasteiger charge is 2.27. The fourth-order valence-corrected chi connectivity index (χ4v) is 1.65. The van der Waals surface area contributed by atoms with Crippen LogP contribution in [-0.2, 0) is 10.2 Å². The topological polar surface area (TPSA) is 56.5 Å². The molecule has 0 aliphatic rings. The van der Waals surface area contributed by atoms with Crippen LogP contribution < -0.4 is 5.43 Å². The summed E-state index contributed by atoms with van der Waals surface area (Å²) in [4.78, 5) is 23.6. The average Bonchev–Trinajstić information content (AvgIpc) is 2.28. The molecule has 1 rings (SSSR count). The van der Waals surface area contributed by atoms with Crippen molar-refractivity contribution in [2.45, 2.75) is 26.2 Å². The third-order valence-corrected chi connectivity index (χ3v) is 2.74. The summed E-state index contributed by atoms with van der Waals surface area (Å²) in [5, 5.41) is 0. The van der Waals surface area contributed by atoms with Gasteiger partial charge in [-0.25, -0.2) is 4.79 Å². The van der Waals surface area contributed by atoms with Gasteiger partial charge >= 0.3 is 5.97 Å². The average molecular weight is 236 g/mol. The lowest BCUT2D eigenvalue weighted by molar-refractivity contribution is 0.0596. The van der Waals surface area contributed by atoms with E-state index in [1.54, 1.807) is 13.0 Å². The summed E-state index contributed by atoms with van der Waals surface area (Å²) in [6.07, 6.45) is 2.78. The Balaban J connectivity index is 3.57. The zero-order valence-corrected chi connectivity index (χ0v) is 10.5. The second-order valence-electron chi connectivity index (χ2n) is 4.33. The molecule has 0 radical (unpaired) electrons. The number of ether oxygens (including phenoxy) is 1. The molecule has 0 fully saturated rings. The molecular weight excluding hydrogens is 220 g/mol. The zero-order chi connectivity index (χ0) is 13.2. The lowest BCUT2D eigenvalue weighted by Crippen LogP contribution is -2.29. The van der Waals surface area contributed by atoms with E-state index in [4.69, 9.17) is 4.42 Å². The zero-order valence-electron chi connectivity index (χ0n) is 10.5. The van der Waals surface area contributed by atoms with Crippen molar-refractivity contribution < 1.29 is 13.9 Å². The van der Waals surface area contributed by atoms with Gasteiger partial charge in [-0.15, -0.1) is 6.58 Å². The Morgan fingerprint density at radius 2 is 2.12 bits per heavy atom. The predicted octanol–water partition coefficient (Wildman–Crippen LogP) is 2.20. The first-order valence-electron chi connectivity index (χ1n) is 5.20. The molecule has 4 heteroatoms. The lowest BCUT2D eigenvalue weighted by atomic mass is 9.83. The van der Waals surface area contributed by atoms with Crippen LogP contribution in [0, 0.1) is 6.92 Å². The molecule has 0 saturated heterocycles. The Bertz CT molecular complexity index is 509. The minimum atomic E-state index is -0.695. The van der Waals surface area contributed by atoms with E-state index in [9.17, 15) is 9.59 Å². The molecule has 0 spiro atoms. The van der Waals surface area contributed by atoms with Crippen molar-refractivity contribution in [3.05, 3.63) is 46.0 Å². The van der Waals surface area contributed by atoms with Crippen LogP contribution in [0.25, 0.3) is 0 Å². The highest BCUT2D eigenvalue weighted by Crippen LogP contribution is 2.24. The minimum Gasteiger partial charge on any atom is -0.468 e. The number of rotatable bonds is 3. The summed E-state index contributed by atoms with van der Waals surface area (Å²) in [5.74, 6) is -0.215. The largest absolute Gasteiger partial charge is 0.468 e. The van der Waals surface area contributed by atoms with Gasteiger partial charge in [-0.05, 0) is 6.92 Å². The Labute approximate surface area is 99.9 Å². The monoisotopic (exact) mass is 236 g/mol. The molecule has 0 atom stereocenters. The van der Waals surface area contributed by atoms with Gasteiger partial charge in [-0.1, -0.05) is 19.9 Å². The van der Waals surface area contributed by atoms with E-state index in [0.717, 1.165) is 6.26 Å². The van der Waals surface area contributed by atoms with E-state index in [-0.39, 0.29) is 11.0 Å². The summed E-state index contributed by atoms with van der Waals surface area (Å²) in [5.41, 5.74) is -0.599. The van der Waals surface area contributed by atoms with Crippen LogP contribution in [0.3, 0.4) is 0 Å². The van der Waals surface area contributed by atoms with Gasteiger partial charge in [0.2, 0.25) is 5.43 Å². The molecular formula is C13H16O4. The van der Waals surface area contributed by atoms with Crippen molar-refractivity contribution in [2.75, 3.05) is 7.11 Å². The van der Waals surface area contributed by atoms with Crippen LogP contribution in [0.15, 0.2) is 28.1 Å². The molecule has 1 aromatic heterocycles. The van der Waals surface area contributed by atoms with Crippen LogP contribution >= 0.6 is 0 Å². The number of aryl methyl sites for hydroxylation is 1. The number of carbonyl (C=O) groups excluding carboxylic acids is 1. The molecule has 0 bridgehead atoms. The van der Waals surface area contributed by atoms with E-state index in [1.807, 2.05) is 13.8 Å². The van der Waals surface area contributed by atoms with Crippen molar-refractivity contribution in [3.63, 3.8) is 0 Å². The normalized spacial score (nSPS) is 11.1. The second-order valence-corrected chi connectivity index (χ2v) is 4.33. The highest BCUT2D eigenvalue weighted by molar-refractivity contribution is 5.88. The summed E-state index contributed by atoms with van der Waals surface area (Å²) in [6, 6.07) is 0. The molecule has 0 aliphatic carbocycles. The van der Waals surface area contributed by atoms with Crippen molar-refractivity contribution in [1.29, 1.82) is 0 Å².